The number of carbonyl (C=O) groups is 5. The highest BCUT2D eigenvalue weighted by molar-refractivity contribution is 6.33. The smallest absolute Gasteiger partial charge is 0.317 e. The second kappa shape index (κ2) is 21.5. The number of halogens is 1. The van der Waals surface area contributed by atoms with Crippen LogP contribution < -0.4 is 36.8 Å². The maximum Gasteiger partial charge on any atom is 0.317 e. The number of imide groups is 1. The molecule has 0 spiro atoms. The molecular weight excluding hydrogens is 862 g/mol. The van der Waals surface area contributed by atoms with Crippen molar-refractivity contribution in [1.29, 1.82) is 0 Å². The first-order valence-electron chi connectivity index (χ1n) is 22.5. The van der Waals surface area contributed by atoms with E-state index in [4.69, 9.17) is 16.3 Å². The third-order valence-electron chi connectivity index (χ3n) is 12.4. The molecule has 0 radical (unpaired) electrons. The number of para-hydroxylation sites is 1. The molecule has 66 heavy (non-hydrogen) atoms. The summed E-state index contributed by atoms with van der Waals surface area (Å²) in [6.45, 7) is 4.67. The van der Waals surface area contributed by atoms with Crippen molar-refractivity contribution in [3.8, 4) is 11.8 Å². The highest BCUT2D eigenvalue weighted by Gasteiger charge is 2.39. The lowest BCUT2D eigenvalue weighted by molar-refractivity contribution is -0.136. The fourth-order valence-corrected chi connectivity index (χ4v) is 8.90. The SMILES string of the molecule is CNC(=O)c1ccccc1Nc1nc(Nc2ccc(N3CCN(C(=O)N[C@H]4CC[C@@H](NCCCOCC#Cc5cccc6c5CN(C5CCC(=O)NC5=O)C6=O)CC4)CC3)cc2)ncc1Cl. The van der Waals surface area contributed by atoms with Crippen LogP contribution in [0.3, 0.4) is 0 Å². The lowest BCUT2D eigenvalue weighted by atomic mass is 9.91. The molecule has 2 saturated heterocycles. The van der Waals surface area contributed by atoms with Crippen LogP contribution >= 0.6 is 11.6 Å². The van der Waals surface area contributed by atoms with Crippen molar-refractivity contribution in [3.63, 3.8) is 0 Å². The highest BCUT2D eigenvalue weighted by atomic mass is 35.5. The van der Waals surface area contributed by atoms with Crippen molar-refractivity contribution in [2.75, 3.05) is 68.5 Å². The van der Waals surface area contributed by atoms with Gasteiger partial charge in [-0.25, -0.2) is 9.78 Å². The third kappa shape index (κ3) is 11.2. The molecule has 4 aromatic rings. The summed E-state index contributed by atoms with van der Waals surface area (Å²) in [6, 6.07) is 20.4. The van der Waals surface area contributed by atoms with Gasteiger partial charge in [0.15, 0.2) is 5.82 Å². The number of hydrogen-bond donors (Lipinski definition) is 6. The highest BCUT2D eigenvalue weighted by Crippen LogP contribution is 2.31. The van der Waals surface area contributed by atoms with E-state index in [1.165, 1.54) is 11.1 Å². The second-order valence-corrected chi connectivity index (χ2v) is 17.1. The van der Waals surface area contributed by atoms with Gasteiger partial charge >= 0.3 is 6.03 Å². The first-order valence-corrected chi connectivity index (χ1v) is 22.9. The Morgan fingerprint density at radius 3 is 2.45 bits per heavy atom. The van der Waals surface area contributed by atoms with Crippen LogP contribution in [0.5, 0.6) is 0 Å². The number of piperidine rings is 1. The predicted octanol–water partition coefficient (Wildman–Crippen LogP) is 4.93. The Morgan fingerprint density at radius 1 is 0.909 bits per heavy atom. The van der Waals surface area contributed by atoms with Crippen LogP contribution in [-0.2, 0) is 20.9 Å². The van der Waals surface area contributed by atoms with Gasteiger partial charge in [0, 0.05) is 87.4 Å². The van der Waals surface area contributed by atoms with Crippen LogP contribution in [0.2, 0.25) is 5.02 Å². The number of aromatic nitrogens is 2. The summed E-state index contributed by atoms with van der Waals surface area (Å²) in [4.78, 5) is 77.2. The lowest BCUT2D eigenvalue weighted by Gasteiger charge is -2.37. The van der Waals surface area contributed by atoms with E-state index in [1.807, 2.05) is 41.3 Å². The number of benzene rings is 3. The minimum absolute atomic E-state index is 0.000802. The summed E-state index contributed by atoms with van der Waals surface area (Å²) >= 11 is 6.41. The zero-order chi connectivity index (χ0) is 46.0. The van der Waals surface area contributed by atoms with E-state index in [1.54, 1.807) is 37.4 Å². The van der Waals surface area contributed by atoms with Crippen LogP contribution in [0.1, 0.15) is 76.8 Å². The number of carbonyl (C=O) groups excluding carboxylic acids is 5. The number of nitrogens with zero attached hydrogens (tertiary/aromatic N) is 5. The molecule has 1 atom stereocenters. The van der Waals surface area contributed by atoms with Crippen LogP contribution in [0.25, 0.3) is 0 Å². The molecule has 1 aromatic heterocycles. The number of ether oxygens (including phenoxy) is 1. The second-order valence-electron chi connectivity index (χ2n) is 16.7. The van der Waals surface area contributed by atoms with Gasteiger partial charge in [-0.3, -0.25) is 24.5 Å². The fraction of sp³-hybridized carbons (Fsp3) is 0.396. The quantitative estimate of drug-likeness (QED) is 0.0567. The molecule has 18 heteroatoms. The summed E-state index contributed by atoms with van der Waals surface area (Å²) in [6.07, 6.45) is 6.74. The van der Waals surface area contributed by atoms with Gasteiger partial charge in [0.1, 0.15) is 17.7 Å². The maximum absolute atomic E-state index is 13.2. The monoisotopic (exact) mass is 915 g/mol. The van der Waals surface area contributed by atoms with Gasteiger partial charge in [-0.2, -0.15) is 4.98 Å². The largest absolute Gasteiger partial charge is 0.369 e. The van der Waals surface area contributed by atoms with E-state index in [0.29, 0.717) is 65.8 Å². The van der Waals surface area contributed by atoms with E-state index < -0.39 is 11.9 Å². The Bertz CT molecular complexity index is 2500. The van der Waals surface area contributed by atoms with Crippen molar-refractivity contribution in [2.24, 2.45) is 0 Å². The Hall–Kier alpha value is -6.74. The van der Waals surface area contributed by atoms with Gasteiger partial charge in [0.25, 0.3) is 11.8 Å². The van der Waals surface area contributed by atoms with E-state index in [-0.39, 0.29) is 49.4 Å². The average Bonchev–Trinajstić information content (AvgIpc) is 3.67. The summed E-state index contributed by atoms with van der Waals surface area (Å²) in [7, 11) is 1.58. The summed E-state index contributed by atoms with van der Waals surface area (Å²) in [5, 5.41) is 18.6. The molecule has 344 valence electrons. The van der Waals surface area contributed by atoms with Crippen molar-refractivity contribution in [3.05, 3.63) is 100 Å². The minimum atomic E-state index is -0.659. The van der Waals surface area contributed by atoms with Crippen LogP contribution in [-0.4, -0.2) is 121 Å². The number of piperazine rings is 1. The summed E-state index contributed by atoms with van der Waals surface area (Å²) in [5.41, 5.74) is 4.97. The zero-order valence-corrected chi connectivity index (χ0v) is 37.6. The van der Waals surface area contributed by atoms with Crippen LogP contribution in [0.4, 0.5) is 33.6 Å². The fourth-order valence-electron chi connectivity index (χ4n) is 8.77. The van der Waals surface area contributed by atoms with Crippen molar-refractivity contribution in [1.82, 2.24) is 41.0 Å². The number of hydrogen-bond acceptors (Lipinski definition) is 12. The Kier molecular flexibility index (Phi) is 14.9. The Balaban J connectivity index is 0.695. The van der Waals surface area contributed by atoms with Crippen molar-refractivity contribution < 1.29 is 28.7 Å². The standard InChI is InChI=1S/C48H54ClN11O6/c1-50-44(62)37-9-2-3-11-40(37)55-43-39(49)29-52-47(57-43)53-33-16-18-35(19-17-33)58-23-25-59(26-24-58)48(65)54-34-14-12-32(13-15-34)51-22-6-28-66-27-5-8-31-7-4-10-36-38(31)30-60(46(36)64)41-20-21-42(61)56-45(41)63/h2-4,7,9-11,16-19,29,32,34,41,51H,6,12-15,20-28,30H2,1H3,(H,50,62)(H,54,65)(H,56,61,63)(H2,52,53,55,57)/t32-,34+,41?. The molecule has 6 N–H and O–H groups in total. The molecule has 17 nitrogen and oxygen atoms in total. The molecule has 1 saturated carbocycles. The minimum Gasteiger partial charge on any atom is -0.369 e. The molecule has 3 aromatic carbocycles. The molecule has 0 bridgehead atoms. The van der Waals surface area contributed by atoms with Gasteiger partial charge in [-0.05, 0) is 99.2 Å². The van der Waals surface area contributed by atoms with Crippen LogP contribution in [0, 0.1) is 11.8 Å². The van der Waals surface area contributed by atoms with E-state index in [9.17, 15) is 24.0 Å². The normalized spacial score (nSPS) is 19.3. The predicted molar refractivity (Wildman–Crippen MR) is 251 cm³/mol. The molecule has 6 amide bonds. The van der Waals surface area contributed by atoms with Gasteiger partial charge in [0.2, 0.25) is 17.8 Å². The molecule has 1 unspecified atom stereocenters. The Morgan fingerprint density at radius 2 is 1.68 bits per heavy atom. The average molecular weight is 916 g/mol. The number of anilines is 5. The zero-order valence-electron chi connectivity index (χ0n) is 36.8. The lowest BCUT2D eigenvalue weighted by Crippen LogP contribution is -2.54. The molecular formula is C48H54ClN11O6. The number of urea groups is 1. The number of fused-ring (bicyclic) bond motifs is 1. The van der Waals surface area contributed by atoms with Crippen LogP contribution in [0.15, 0.2) is 72.9 Å². The first kappa shape index (κ1) is 45.8. The molecule has 8 rings (SSSR count). The molecule has 4 heterocycles. The van der Waals surface area contributed by atoms with E-state index >= 15 is 0 Å². The summed E-state index contributed by atoms with van der Waals surface area (Å²) < 4.78 is 5.78. The summed E-state index contributed by atoms with van der Waals surface area (Å²) in [5.74, 6) is 5.73. The number of nitrogens with one attached hydrogen (secondary N) is 6. The van der Waals surface area contributed by atoms with Gasteiger partial charge in [-0.15, -0.1) is 0 Å². The molecule has 3 fully saturated rings. The Labute approximate surface area is 388 Å². The van der Waals surface area contributed by atoms with Crippen molar-refractivity contribution >= 4 is 70.1 Å². The van der Waals surface area contributed by atoms with Gasteiger partial charge < -0.3 is 46.0 Å². The number of rotatable bonds is 14. The molecule has 1 aliphatic carbocycles. The first-order chi connectivity index (χ1) is 32.1. The maximum atomic E-state index is 13.2. The van der Waals surface area contributed by atoms with E-state index in [0.717, 1.165) is 74.2 Å². The third-order valence-corrected chi connectivity index (χ3v) is 12.7. The molecule has 3 aliphatic heterocycles. The van der Waals surface area contributed by atoms with Crippen molar-refractivity contribution in [2.45, 2.75) is 69.6 Å². The molecule has 4 aliphatic rings. The number of amides is 6. The van der Waals surface area contributed by atoms with Gasteiger partial charge in [0.05, 0.1) is 17.4 Å². The van der Waals surface area contributed by atoms with E-state index in [2.05, 4.69) is 58.6 Å². The van der Waals surface area contributed by atoms with Gasteiger partial charge in [-0.1, -0.05) is 41.6 Å². The topological polar surface area (TPSA) is 202 Å².